The second-order valence-electron chi connectivity index (χ2n) is 8.26. The van der Waals surface area contributed by atoms with E-state index in [2.05, 4.69) is 0 Å². The highest BCUT2D eigenvalue weighted by atomic mass is 16.6. The van der Waals surface area contributed by atoms with Crippen molar-refractivity contribution in [3.05, 3.63) is 0 Å². The van der Waals surface area contributed by atoms with Gasteiger partial charge in [0.15, 0.2) is 6.61 Å². The minimum Gasteiger partial charge on any atom is -0.463 e. The summed E-state index contributed by atoms with van der Waals surface area (Å²) in [6.07, 6.45) is 6.56. The quantitative estimate of drug-likeness (QED) is 0.760. The molecule has 0 radical (unpaired) electrons. The number of esters is 2. The van der Waals surface area contributed by atoms with Gasteiger partial charge >= 0.3 is 11.9 Å². The first-order valence-corrected chi connectivity index (χ1v) is 8.88. The van der Waals surface area contributed by atoms with Gasteiger partial charge in [-0.2, -0.15) is 0 Å². The topological polar surface area (TPSA) is 72.8 Å². The third-order valence-electron chi connectivity index (χ3n) is 6.04. The maximum atomic E-state index is 11.9. The number of ether oxygens (including phenoxy) is 2. The fraction of sp³-hybridized carbons (Fsp3) is 0.889. The number of carbonyl (C=O) groups excluding carboxylic acids is 2. The highest BCUT2D eigenvalue weighted by Gasteiger charge is 2.57. The molecule has 1 N–H and O–H groups in total. The van der Waals surface area contributed by atoms with Crippen LogP contribution in [0.25, 0.3) is 0 Å². The highest BCUT2D eigenvalue weighted by molar-refractivity contribution is 5.77. The van der Waals surface area contributed by atoms with Crippen LogP contribution in [0.3, 0.4) is 0 Å². The van der Waals surface area contributed by atoms with Crippen LogP contribution in [0.2, 0.25) is 0 Å². The average molecular weight is 324 g/mol. The molecular formula is C18H28O5. The fourth-order valence-electron chi connectivity index (χ4n) is 5.29. The van der Waals surface area contributed by atoms with E-state index in [0.29, 0.717) is 24.9 Å². The molecule has 0 saturated heterocycles. The van der Waals surface area contributed by atoms with Crippen molar-refractivity contribution < 1.29 is 24.2 Å². The first kappa shape index (κ1) is 16.7. The molecule has 0 aromatic rings. The first-order chi connectivity index (χ1) is 10.8. The van der Waals surface area contributed by atoms with Gasteiger partial charge in [0.25, 0.3) is 0 Å². The van der Waals surface area contributed by atoms with Crippen LogP contribution in [0.4, 0.5) is 0 Å². The van der Waals surface area contributed by atoms with Crippen LogP contribution in [0.5, 0.6) is 0 Å². The van der Waals surface area contributed by atoms with Crippen LogP contribution < -0.4 is 0 Å². The third-order valence-corrected chi connectivity index (χ3v) is 6.04. The van der Waals surface area contributed by atoms with Crippen molar-refractivity contribution in [2.45, 2.75) is 64.4 Å². The number of rotatable bonds is 6. The van der Waals surface area contributed by atoms with Gasteiger partial charge in [0.05, 0.1) is 18.1 Å². The lowest BCUT2D eigenvalue weighted by atomic mass is 9.48. The van der Waals surface area contributed by atoms with Crippen LogP contribution in [0.15, 0.2) is 0 Å². The van der Waals surface area contributed by atoms with Crippen molar-refractivity contribution in [1.82, 2.24) is 0 Å². The molecule has 0 spiro atoms. The Morgan fingerprint density at radius 2 is 1.83 bits per heavy atom. The van der Waals surface area contributed by atoms with Gasteiger partial charge in [-0.3, -0.25) is 4.79 Å². The van der Waals surface area contributed by atoms with Gasteiger partial charge in [-0.25, -0.2) is 4.79 Å². The van der Waals surface area contributed by atoms with Crippen molar-refractivity contribution >= 4 is 11.9 Å². The van der Waals surface area contributed by atoms with E-state index in [9.17, 15) is 14.7 Å². The molecule has 5 nitrogen and oxygen atoms in total. The zero-order valence-corrected chi connectivity index (χ0v) is 14.2. The molecule has 4 bridgehead atoms. The summed E-state index contributed by atoms with van der Waals surface area (Å²) in [6.45, 7) is 3.73. The van der Waals surface area contributed by atoms with Crippen LogP contribution in [0.1, 0.15) is 58.8 Å². The summed E-state index contributed by atoms with van der Waals surface area (Å²) in [5.41, 5.74) is -0.602. The summed E-state index contributed by atoms with van der Waals surface area (Å²) in [7, 11) is 0. The number of hydrogen-bond donors (Lipinski definition) is 1. The number of hydrogen-bond acceptors (Lipinski definition) is 5. The number of carbonyl (C=O) groups is 2. The lowest BCUT2D eigenvalue weighted by Crippen LogP contribution is -2.57. The largest absolute Gasteiger partial charge is 0.463 e. The molecule has 0 heterocycles. The minimum absolute atomic E-state index is 0.0603. The van der Waals surface area contributed by atoms with Crippen LogP contribution in [-0.2, 0) is 19.1 Å². The van der Waals surface area contributed by atoms with Crippen LogP contribution in [0, 0.1) is 23.2 Å². The number of aliphatic hydroxyl groups is 1. The zero-order valence-electron chi connectivity index (χ0n) is 14.2. The van der Waals surface area contributed by atoms with E-state index in [1.165, 1.54) is 6.42 Å². The second kappa shape index (κ2) is 6.08. The molecule has 0 aliphatic heterocycles. The molecule has 130 valence electrons. The van der Waals surface area contributed by atoms with Gasteiger partial charge < -0.3 is 14.6 Å². The first-order valence-electron chi connectivity index (χ1n) is 8.88. The Morgan fingerprint density at radius 3 is 2.39 bits per heavy atom. The lowest BCUT2D eigenvalue weighted by Gasteiger charge is -2.59. The van der Waals surface area contributed by atoms with E-state index in [0.717, 1.165) is 32.1 Å². The Hall–Kier alpha value is -1.10. The molecule has 0 aromatic carbocycles. The molecule has 3 unspecified atom stereocenters. The van der Waals surface area contributed by atoms with Crippen molar-refractivity contribution in [1.29, 1.82) is 0 Å². The summed E-state index contributed by atoms with van der Waals surface area (Å²) < 4.78 is 10.4. The Balaban J connectivity index is 1.49. The van der Waals surface area contributed by atoms with Gasteiger partial charge in [-0.15, -0.1) is 0 Å². The SMILES string of the molecule is CCC(C)C(=O)OCC(=O)OCC12CC3CC(CC(O)(C3)C1)C2. The lowest BCUT2D eigenvalue weighted by molar-refractivity contribution is -0.189. The van der Waals surface area contributed by atoms with E-state index in [1.807, 2.05) is 6.92 Å². The Bertz CT molecular complexity index is 472. The van der Waals surface area contributed by atoms with Crippen LogP contribution >= 0.6 is 0 Å². The molecule has 4 fully saturated rings. The molecule has 23 heavy (non-hydrogen) atoms. The Kier molecular flexibility index (Phi) is 4.43. The van der Waals surface area contributed by atoms with Gasteiger partial charge in [-0.1, -0.05) is 13.8 Å². The second-order valence-corrected chi connectivity index (χ2v) is 8.26. The molecule has 4 aliphatic carbocycles. The van der Waals surface area contributed by atoms with Crippen LogP contribution in [-0.4, -0.2) is 35.9 Å². The van der Waals surface area contributed by atoms with Gasteiger partial charge in [0.1, 0.15) is 0 Å². The van der Waals surface area contributed by atoms with Crippen molar-refractivity contribution in [3.63, 3.8) is 0 Å². The average Bonchev–Trinajstić information content (AvgIpc) is 2.47. The minimum atomic E-state index is -0.542. The molecule has 3 atom stereocenters. The molecule has 4 aliphatic rings. The summed E-state index contributed by atoms with van der Waals surface area (Å²) >= 11 is 0. The summed E-state index contributed by atoms with van der Waals surface area (Å²) in [5.74, 6) is 0.115. The van der Waals surface area contributed by atoms with E-state index in [-0.39, 0.29) is 23.9 Å². The zero-order chi connectivity index (χ0) is 16.7. The maximum Gasteiger partial charge on any atom is 0.344 e. The van der Waals surface area contributed by atoms with Crippen molar-refractivity contribution in [2.75, 3.05) is 13.2 Å². The molecular weight excluding hydrogens is 296 g/mol. The predicted octanol–water partition coefficient (Wildman–Crippen LogP) is 2.45. The normalized spacial score (nSPS) is 39.1. The molecule has 0 aromatic heterocycles. The van der Waals surface area contributed by atoms with Gasteiger partial charge in [-0.05, 0) is 56.8 Å². The van der Waals surface area contributed by atoms with E-state index in [1.54, 1.807) is 6.92 Å². The summed E-state index contributed by atoms with van der Waals surface area (Å²) in [4.78, 5) is 23.5. The van der Waals surface area contributed by atoms with Crippen molar-refractivity contribution in [3.8, 4) is 0 Å². The highest BCUT2D eigenvalue weighted by Crippen LogP contribution is 2.61. The monoisotopic (exact) mass is 324 g/mol. The molecule has 0 amide bonds. The Morgan fingerprint density at radius 1 is 1.17 bits per heavy atom. The van der Waals surface area contributed by atoms with Gasteiger partial charge in [0.2, 0.25) is 0 Å². The third kappa shape index (κ3) is 3.54. The van der Waals surface area contributed by atoms with Gasteiger partial charge in [0, 0.05) is 5.41 Å². The standard InChI is InChI=1S/C18H28O5/c1-3-12(2)16(20)22-9-15(19)23-11-17-5-13-4-14(6-17)8-18(21,7-13)10-17/h12-14,21H,3-11H2,1-2H3. The van der Waals surface area contributed by atoms with E-state index >= 15 is 0 Å². The van der Waals surface area contributed by atoms with E-state index in [4.69, 9.17) is 9.47 Å². The molecule has 5 heteroatoms. The predicted molar refractivity (Wildman–Crippen MR) is 83.4 cm³/mol. The maximum absolute atomic E-state index is 11.9. The molecule has 4 rings (SSSR count). The smallest absolute Gasteiger partial charge is 0.344 e. The summed E-state index contributed by atoms with van der Waals surface area (Å²) in [6, 6.07) is 0. The van der Waals surface area contributed by atoms with E-state index < -0.39 is 11.6 Å². The summed E-state index contributed by atoms with van der Waals surface area (Å²) in [5, 5.41) is 10.7. The van der Waals surface area contributed by atoms with Crippen molar-refractivity contribution in [2.24, 2.45) is 23.2 Å². The fourth-order valence-corrected chi connectivity index (χ4v) is 5.29. The molecule has 4 saturated carbocycles. The Labute approximate surface area is 137 Å².